The summed E-state index contributed by atoms with van der Waals surface area (Å²) in [6.45, 7) is 7.52. The number of esters is 1. The van der Waals surface area contributed by atoms with Gasteiger partial charge in [-0.1, -0.05) is 12.1 Å². The SMILES string of the molecule is CCOc1ccc(C(C(=O)OC(C)(C)C)[C@H](N)C(=O)O)cc1. The van der Waals surface area contributed by atoms with Crippen molar-refractivity contribution in [1.82, 2.24) is 0 Å². The lowest BCUT2D eigenvalue weighted by Crippen LogP contribution is -2.42. The Balaban J connectivity index is 3.09. The van der Waals surface area contributed by atoms with E-state index >= 15 is 0 Å². The molecule has 0 saturated heterocycles. The van der Waals surface area contributed by atoms with Gasteiger partial charge in [-0.05, 0) is 45.4 Å². The summed E-state index contributed by atoms with van der Waals surface area (Å²) < 4.78 is 10.6. The summed E-state index contributed by atoms with van der Waals surface area (Å²) in [4.78, 5) is 23.5. The van der Waals surface area contributed by atoms with Crippen molar-refractivity contribution < 1.29 is 24.2 Å². The van der Waals surface area contributed by atoms with Crippen LogP contribution in [0.15, 0.2) is 24.3 Å². The number of rotatable bonds is 6. The molecule has 0 bridgehead atoms. The molecule has 2 atom stereocenters. The van der Waals surface area contributed by atoms with Crippen molar-refractivity contribution in [2.24, 2.45) is 5.73 Å². The van der Waals surface area contributed by atoms with Gasteiger partial charge in [0, 0.05) is 0 Å². The van der Waals surface area contributed by atoms with Crippen LogP contribution in [0.3, 0.4) is 0 Å². The van der Waals surface area contributed by atoms with E-state index in [1.165, 1.54) is 0 Å². The molecule has 0 aromatic heterocycles. The monoisotopic (exact) mass is 309 g/mol. The topological polar surface area (TPSA) is 98.9 Å². The second kappa shape index (κ2) is 7.26. The van der Waals surface area contributed by atoms with Crippen LogP contribution in [0.2, 0.25) is 0 Å². The van der Waals surface area contributed by atoms with Crippen LogP contribution in [0.5, 0.6) is 5.75 Å². The van der Waals surface area contributed by atoms with Crippen molar-refractivity contribution in [3.63, 3.8) is 0 Å². The molecule has 3 N–H and O–H groups in total. The van der Waals surface area contributed by atoms with E-state index in [4.69, 9.17) is 20.3 Å². The molecule has 0 amide bonds. The summed E-state index contributed by atoms with van der Waals surface area (Å²) in [5.74, 6) is -2.36. The predicted octanol–water partition coefficient (Wildman–Crippen LogP) is 1.92. The number of carboxylic acid groups (broad SMARTS) is 1. The van der Waals surface area contributed by atoms with Crippen LogP contribution in [0.1, 0.15) is 39.2 Å². The third-order valence-electron chi connectivity index (χ3n) is 2.86. The second-order valence-corrected chi connectivity index (χ2v) is 5.88. The van der Waals surface area contributed by atoms with Gasteiger partial charge in [-0.3, -0.25) is 9.59 Å². The number of hydrogen-bond acceptors (Lipinski definition) is 5. The summed E-state index contributed by atoms with van der Waals surface area (Å²) in [7, 11) is 0. The molecular formula is C16H23NO5. The number of carbonyl (C=O) groups is 2. The minimum atomic E-state index is -1.38. The minimum Gasteiger partial charge on any atom is -0.494 e. The van der Waals surface area contributed by atoms with Crippen LogP contribution in [0, 0.1) is 0 Å². The van der Waals surface area contributed by atoms with Crippen molar-refractivity contribution in [1.29, 1.82) is 0 Å². The van der Waals surface area contributed by atoms with E-state index in [2.05, 4.69) is 0 Å². The zero-order chi connectivity index (χ0) is 16.9. The number of benzene rings is 1. The largest absolute Gasteiger partial charge is 0.494 e. The Morgan fingerprint density at radius 2 is 1.77 bits per heavy atom. The minimum absolute atomic E-state index is 0.479. The first-order chi connectivity index (χ1) is 10.2. The van der Waals surface area contributed by atoms with E-state index < -0.39 is 29.5 Å². The molecule has 0 fully saturated rings. The Morgan fingerprint density at radius 3 is 2.18 bits per heavy atom. The highest BCUT2D eigenvalue weighted by Crippen LogP contribution is 2.25. The molecule has 22 heavy (non-hydrogen) atoms. The Labute approximate surface area is 130 Å². The average Bonchev–Trinajstić information content (AvgIpc) is 2.39. The fourth-order valence-electron chi connectivity index (χ4n) is 1.94. The summed E-state index contributed by atoms with van der Waals surface area (Å²) in [6, 6.07) is 5.22. The molecule has 1 aromatic rings. The van der Waals surface area contributed by atoms with Gasteiger partial charge >= 0.3 is 11.9 Å². The Bertz CT molecular complexity index is 518. The third-order valence-corrected chi connectivity index (χ3v) is 2.86. The molecular weight excluding hydrogens is 286 g/mol. The molecule has 122 valence electrons. The molecule has 0 saturated carbocycles. The maximum absolute atomic E-state index is 12.3. The highest BCUT2D eigenvalue weighted by Gasteiger charge is 2.35. The van der Waals surface area contributed by atoms with E-state index in [1.54, 1.807) is 45.0 Å². The number of nitrogens with two attached hydrogens (primary N) is 1. The number of hydrogen-bond donors (Lipinski definition) is 2. The first-order valence-electron chi connectivity index (χ1n) is 7.09. The molecule has 0 heterocycles. The molecule has 6 heteroatoms. The average molecular weight is 309 g/mol. The van der Waals surface area contributed by atoms with Gasteiger partial charge in [0.25, 0.3) is 0 Å². The van der Waals surface area contributed by atoms with E-state index in [0.717, 1.165) is 0 Å². The molecule has 1 rings (SSSR count). The van der Waals surface area contributed by atoms with Crippen LogP contribution < -0.4 is 10.5 Å². The van der Waals surface area contributed by atoms with Gasteiger partial charge in [0.2, 0.25) is 0 Å². The van der Waals surface area contributed by atoms with Crippen molar-refractivity contribution >= 4 is 11.9 Å². The van der Waals surface area contributed by atoms with E-state index in [0.29, 0.717) is 17.9 Å². The van der Waals surface area contributed by atoms with Crippen LogP contribution in [0.25, 0.3) is 0 Å². The van der Waals surface area contributed by atoms with Gasteiger partial charge in [0.1, 0.15) is 23.3 Å². The highest BCUT2D eigenvalue weighted by atomic mass is 16.6. The maximum Gasteiger partial charge on any atom is 0.321 e. The fraction of sp³-hybridized carbons (Fsp3) is 0.500. The van der Waals surface area contributed by atoms with Gasteiger partial charge in [0.05, 0.1) is 6.61 Å². The molecule has 6 nitrogen and oxygen atoms in total. The number of ether oxygens (including phenoxy) is 2. The Kier molecular flexibility index (Phi) is 5.93. The third kappa shape index (κ3) is 5.04. The van der Waals surface area contributed by atoms with Crippen molar-refractivity contribution in [3.8, 4) is 5.75 Å². The van der Waals surface area contributed by atoms with Gasteiger partial charge < -0.3 is 20.3 Å². The summed E-state index contributed by atoms with van der Waals surface area (Å²) in [6.07, 6.45) is 0. The molecule has 1 unspecified atom stereocenters. The highest BCUT2D eigenvalue weighted by molar-refractivity contribution is 5.87. The predicted molar refractivity (Wildman–Crippen MR) is 81.8 cm³/mol. The quantitative estimate of drug-likeness (QED) is 0.779. The lowest BCUT2D eigenvalue weighted by atomic mass is 9.91. The second-order valence-electron chi connectivity index (χ2n) is 5.88. The van der Waals surface area contributed by atoms with Gasteiger partial charge in [-0.15, -0.1) is 0 Å². The van der Waals surface area contributed by atoms with Crippen molar-refractivity contribution in [2.45, 2.75) is 45.3 Å². The zero-order valence-corrected chi connectivity index (χ0v) is 13.3. The lowest BCUT2D eigenvalue weighted by molar-refractivity contribution is -0.160. The van der Waals surface area contributed by atoms with E-state index in [1.807, 2.05) is 6.92 Å². The molecule has 0 aliphatic heterocycles. The van der Waals surface area contributed by atoms with Gasteiger partial charge in [0.15, 0.2) is 0 Å². The van der Waals surface area contributed by atoms with Crippen molar-refractivity contribution in [3.05, 3.63) is 29.8 Å². The molecule has 0 radical (unpaired) electrons. The molecule has 1 aromatic carbocycles. The van der Waals surface area contributed by atoms with Crippen LogP contribution in [-0.4, -0.2) is 35.3 Å². The number of carbonyl (C=O) groups excluding carboxylic acids is 1. The fourth-order valence-corrected chi connectivity index (χ4v) is 1.94. The summed E-state index contributed by atoms with van der Waals surface area (Å²) >= 11 is 0. The standard InChI is InChI=1S/C16H23NO5/c1-5-21-11-8-6-10(7-9-11)12(13(17)14(18)19)15(20)22-16(2,3)4/h6-9,12-13H,5,17H2,1-4H3,(H,18,19)/t12?,13-/m0/s1. The Hall–Kier alpha value is -2.08. The summed E-state index contributed by atoms with van der Waals surface area (Å²) in [5, 5.41) is 9.14. The van der Waals surface area contributed by atoms with E-state index in [9.17, 15) is 9.59 Å². The van der Waals surface area contributed by atoms with Gasteiger partial charge in [-0.2, -0.15) is 0 Å². The Morgan fingerprint density at radius 1 is 1.23 bits per heavy atom. The first kappa shape index (κ1) is 18.0. The van der Waals surface area contributed by atoms with Crippen LogP contribution in [0.4, 0.5) is 0 Å². The maximum atomic E-state index is 12.3. The normalized spacial score (nSPS) is 14.0. The zero-order valence-electron chi connectivity index (χ0n) is 13.3. The van der Waals surface area contributed by atoms with Crippen LogP contribution >= 0.6 is 0 Å². The van der Waals surface area contributed by atoms with Crippen molar-refractivity contribution in [2.75, 3.05) is 6.61 Å². The summed E-state index contributed by atoms with van der Waals surface area (Å²) in [5.41, 5.74) is 5.43. The first-order valence-corrected chi connectivity index (χ1v) is 7.09. The molecule has 0 aliphatic rings. The molecule has 0 spiro atoms. The number of carboxylic acids is 1. The smallest absolute Gasteiger partial charge is 0.321 e. The van der Waals surface area contributed by atoms with E-state index in [-0.39, 0.29) is 0 Å². The lowest BCUT2D eigenvalue weighted by Gasteiger charge is -2.26. The number of aliphatic carboxylic acids is 1. The van der Waals surface area contributed by atoms with Crippen LogP contribution in [-0.2, 0) is 14.3 Å². The molecule has 0 aliphatic carbocycles. The van der Waals surface area contributed by atoms with Gasteiger partial charge in [-0.25, -0.2) is 0 Å².